The number of carbonyl (C=O) groups is 1. The van der Waals surface area contributed by atoms with Crippen LogP contribution in [-0.2, 0) is 0 Å². The molecule has 27 heavy (non-hydrogen) atoms. The Morgan fingerprint density at radius 3 is 2.89 bits per heavy atom. The molecule has 0 aliphatic carbocycles. The molecule has 1 saturated heterocycles. The number of anilines is 1. The van der Waals surface area contributed by atoms with E-state index in [1.807, 2.05) is 4.90 Å². The van der Waals surface area contributed by atoms with E-state index in [1.165, 1.54) is 6.07 Å². The molecule has 138 valence electrons. The molecule has 4 rings (SSSR count). The first-order valence-electron chi connectivity index (χ1n) is 8.66. The second kappa shape index (κ2) is 7.36. The van der Waals surface area contributed by atoms with Gasteiger partial charge in [-0.15, -0.1) is 0 Å². The number of nitrogens with one attached hydrogen (secondary N) is 1. The first kappa shape index (κ1) is 17.5. The van der Waals surface area contributed by atoms with Crippen LogP contribution in [0.2, 0.25) is 5.02 Å². The number of aromatic nitrogens is 2. The summed E-state index contributed by atoms with van der Waals surface area (Å²) < 4.78 is 5.24. The van der Waals surface area contributed by atoms with E-state index in [0.29, 0.717) is 28.5 Å². The van der Waals surface area contributed by atoms with Gasteiger partial charge in [-0.05, 0) is 43.2 Å². The molecule has 0 spiro atoms. The van der Waals surface area contributed by atoms with Crippen molar-refractivity contribution in [2.75, 3.05) is 18.0 Å². The molecule has 1 aliphatic rings. The third-order valence-electron chi connectivity index (χ3n) is 4.53. The Balaban J connectivity index is 1.52. The third-order valence-corrected chi connectivity index (χ3v) is 4.77. The maximum atomic E-state index is 12.7. The van der Waals surface area contributed by atoms with Crippen LogP contribution in [0, 0.1) is 0 Å². The van der Waals surface area contributed by atoms with Crippen LogP contribution in [0.25, 0.3) is 11.0 Å². The van der Waals surface area contributed by atoms with Crippen LogP contribution in [0.3, 0.4) is 0 Å². The van der Waals surface area contributed by atoms with Crippen molar-refractivity contribution in [1.82, 2.24) is 15.3 Å². The zero-order chi connectivity index (χ0) is 18.8. The summed E-state index contributed by atoms with van der Waals surface area (Å²) in [6.07, 6.45) is 5.09. The minimum atomic E-state index is -0.665. The molecule has 2 aromatic heterocycles. The molecule has 7 nitrogen and oxygen atoms in total. The lowest BCUT2D eigenvalue weighted by Gasteiger charge is -2.33. The molecule has 0 saturated carbocycles. The van der Waals surface area contributed by atoms with Crippen LogP contribution in [-0.4, -0.2) is 35.0 Å². The number of hydrogen-bond acceptors (Lipinski definition) is 6. The van der Waals surface area contributed by atoms with Gasteiger partial charge in [-0.25, -0.2) is 14.8 Å². The average Bonchev–Trinajstić information content (AvgIpc) is 2.68. The van der Waals surface area contributed by atoms with Crippen LogP contribution >= 0.6 is 11.6 Å². The van der Waals surface area contributed by atoms with Crippen LogP contribution < -0.4 is 15.8 Å². The lowest BCUT2D eigenvalue weighted by atomic mass is 10.1. The maximum Gasteiger partial charge on any atom is 0.349 e. The standard InChI is InChI=1S/C19H17ClN4O3/c20-13-4-5-16-12(9-13)10-15(18(26)27-16)17(25)23-14-3-1-8-24(11-14)19-21-6-2-7-22-19/h2,4-7,9-10,14H,1,3,8,11H2,(H,23,25). The number of nitrogens with zero attached hydrogens (tertiary/aromatic N) is 3. The number of carbonyl (C=O) groups excluding carboxylic acids is 1. The molecule has 1 amide bonds. The van der Waals surface area contributed by atoms with Gasteiger partial charge in [0.05, 0.1) is 0 Å². The molecule has 0 radical (unpaired) electrons. The van der Waals surface area contributed by atoms with Gasteiger partial charge in [0, 0.05) is 41.9 Å². The molecule has 1 aromatic carbocycles. The minimum absolute atomic E-state index is 0.0298. The zero-order valence-corrected chi connectivity index (χ0v) is 15.1. The lowest BCUT2D eigenvalue weighted by Crippen LogP contribution is -2.48. The molecular weight excluding hydrogens is 368 g/mol. The summed E-state index contributed by atoms with van der Waals surface area (Å²) in [6.45, 7) is 1.41. The van der Waals surface area contributed by atoms with E-state index in [1.54, 1.807) is 36.7 Å². The van der Waals surface area contributed by atoms with Crippen molar-refractivity contribution in [2.24, 2.45) is 0 Å². The summed E-state index contributed by atoms with van der Waals surface area (Å²) in [4.78, 5) is 35.4. The van der Waals surface area contributed by atoms with Gasteiger partial charge in [-0.3, -0.25) is 4.79 Å². The van der Waals surface area contributed by atoms with E-state index >= 15 is 0 Å². The van der Waals surface area contributed by atoms with Crippen molar-refractivity contribution < 1.29 is 9.21 Å². The van der Waals surface area contributed by atoms with Crippen molar-refractivity contribution in [1.29, 1.82) is 0 Å². The summed E-state index contributed by atoms with van der Waals surface area (Å²) in [5, 5.41) is 4.04. The molecule has 8 heteroatoms. The molecule has 1 aliphatic heterocycles. The van der Waals surface area contributed by atoms with E-state index in [-0.39, 0.29) is 11.6 Å². The van der Waals surface area contributed by atoms with E-state index in [4.69, 9.17) is 16.0 Å². The van der Waals surface area contributed by atoms with E-state index < -0.39 is 11.5 Å². The summed E-state index contributed by atoms with van der Waals surface area (Å²) in [6, 6.07) is 8.08. The lowest BCUT2D eigenvalue weighted by molar-refractivity contribution is 0.0929. The summed E-state index contributed by atoms with van der Waals surface area (Å²) in [5.74, 6) is 0.183. The Bertz CT molecular complexity index is 1040. The molecule has 0 bridgehead atoms. The Hall–Kier alpha value is -2.93. The maximum absolute atomic E-state index is 12.7. The quantitative estimate of drug-likeness (QED) is 0.698. The Morgan fingerprint density at radius 2 is 2.07 bits per heavy atom. The topological polar surface area (TPSA) is 88.3 Å². The molecule has 1 atom stereocenters. The van der Waals surface area contributed by atoms with Gasteiger partial charge >= 0.3 is 5.63 Å². The Kier molecular flexibility index (Phi) is 4.77. The monoisotopic (exact) mass is 384 g/mol. The summed E-state index contributed by atoms with van der Waals surface area (Å²) in [7, 11) is 0. The number of amides is 1. The molecule has 3 heterocycles. The van der Waals surface area contributed by atoms with Crippen molar-refractivity contribution in [3.05, 3.63) is 63.7 Å². The normalized spacial score (nSPS) is 17.1. The molecular formula is C19H17ClN4O3. The molecule has 1 N–H and O–H groups in total. The highest BCUT2D eigenvalue weighted by atomic mass is 35.5. The predicted molar refractivity (Wildman–Crippen MR) is 102 cm³/mol. The minimum Gasteiger partial charge on any atom is -0.422 e. The van der Waals surface area contributed by atoms with Crippen LogP contribution in [0.1, 0.15) is 23.2 Å². The molecule has 1 fully saturated rings. The fraction of sp³-hybridized carbons (Fsp3) is 0.263. The number of piperidine rings is 1. The van der Waals surface area contributed by atoms with E-state index in [9.17, 15) is 9.59 Å². The van der Waals surface area contributed by atoms with Gasteiger partial charge in [0.15, 0.2) is 0 Å². The van der Waals surface area contributed by atoms with Crippen LogP contribution in [0.5, 0.6) is 0 Å². The average molecular weight is 385 g/mol. The largest absolute Gasteiger partial charge is 0.422 e. The van der Waals surface area contributed by atoms with E-state index in [2.05, 4.69) is 15.3 Å². The van der Waals surface area contributed by atoms with E-state index in [0.717, 1.165) is 19.4 Å². The van der Waals surface area contributed by atoms with Gasteiger partial charge < -0.3 is 14.6 Å². The van der Waals surface area contributed by atoms with Crippen molar-refractivity contribution in [2.45, 2.75) is 18.9 Å². The predicted octanol–water partition coefficient (Wildman–Crippen LogP) is 2.64. The smallest absolute Gasteiger partial charge is 0.349 e. The van der Waals surface area contributed by atoms with Crippen molar-refractivity contribution >= 4 is 34.4 Å². The van der Waals surface area contributed by atoms with Crippen LogP contribution in [0.15, 0.2) is 51.9 Å². The van der Waals surface area contributed by atoms with Gasteiger partial charge in [0.25, 0.3) is 5.91 Å². The fourth-order valence-corrected chi connectivity index (χ4v) is 3.43. The Morgan fingerprint density at radius 1 is 1.26 bits per heavy atom. The Labute approximate surface area is 160 Å². The van der Waals surface area contributed by atoms with Gasteiger partial charge in [0.2, 0.25) is 5.95 Å². The first-order chi connectivity index (χ1) is 13.1. The zero-order valence-electron chi connectivity index (χ0n) is 14.4. The SMILES string of the molecule is O=C(NC1CCCN(c2ncccn2)C1)c1cc2cc(Cl)ccc2oc1=O. The van der Waals surface area contributed by atoms with Crippen LogP contribution in [0.4, 0.5) is 5.95 Å². The second-order valence-electron chi connectivity index (χ2n) is 6.44. The van der Waals surface area contributed by atoms with Crippen molar-refractivity contribution in [3.63, 3.8) is 0 Å². The highest BCUT2D eigenvalue weighted by Crippen LogP contribution is 2.19. The highest BCUT2D eigenvalue weighted by molar-refractivity contribution is 6.31. The number of halogens is 1. The fourth-order valence-electron chi connectivity index (χ4n) is 3.25. The second-order valence-corrected chi connectivity index (χ2v) is 6.87. The number of benzene rings is 1. The van der Waals surface area contributed by atoms with Gasteiger partial charge in [-0.2, -0.15) is 0 Å². The van der Waals surface area contributed by atoms with Gasteiger partial charge in [0.1, 0.15) is 11.1 Å². The summed E-state index contributed by atoms with van der Waals surface area (Å²) >= 11 is 5.98. The number of rotatable bonds is 3. The first-order valence-corrected chi connectivity index (χ1v) is 9.04. The molecule has 1 unspecified atom stereocenters. The number of fused-ring (bicyclic) bond motifs is 1. The third kappa shape index (κ3) is 3.78. The van der Waals surface area contributed by atoms with Gasteiger partial charge in [-0.1, -0.05) is 11.6 Å². The number of hydrogen-bond donors (Lipinski definition) is 1. The highest BCUT2D eigenvalue weighted by Gasteiger charge is 2.24. The summed E-state index contributed by atoms with van der Waals surface area (Å²) in [5.41, 5.74) is -0.301. The van der Waals surface area contributed by atoms with Crippen molar-refractivity contribution in [3.8, 4) is 0 Å². The molecule has 3 aromatic rings.